The molecule has 6 atom stereocenters. The largest absolute Gasteiger partial charge is 0.497 e. The van der Waals surface area contributed by atoms with Crippen LogP contribution >= 0.6 is 0 Å². The van der Waals surface area contributed by atoms with Crippen molar-refractivity contribution in [2.24, 2.45) is 46.8 Å². The average molecular weight is 1310 g/mol. The number of amides is 2. The summed E-state index contributed by atoms with van der Waals surface area (Å²) < 4.78 is 46.1. The number of esters is 3. The fraction of sp³-hybridized carbons (Fsp3) is 0.667. The van der Waals surface area contributed by atoms with E-state index >= 15 is 0 Å². The molecule has 1 saturated carbocycles. The molecule has 1 saturated heterocycles. The second-order valence-electron chi connectivity index (χ2n) is 27.9. The third kappa shape index (κ3) is 25.1. The quantitative estimate of drug-likeness (QED) is 0.0178. The topological polar surface area (TPSA) is 200 Å². The van der Waals surface area contributed by atoms with Crippen molar-refractivity contribution < 1.29 is 66.7 Å². The minimum Gasteiger partial charge on any atom is -0.497 e. The molecule has 2 fully saturated rings. The maximum absolute atomic E-state index is 14.1. The summed E-state index contributed by atoms with van der Waals surface area (Å²) in [4.78, 5) is 75.8. The van der Waals surface area contributed by atoms with E-state index < -0.39 is 53.8 Å². The minimum absolute atomic E-state index is 0.0226. The minimum atomic E-state index is -1.01. The Morgan fingerprint density at radius 3 is 1.55 bits per heavy atom. The molecule has 1 aliphatic carbocycles. The van der Waals surface area contributed by atoms with Gasteiger partial charge in [-0.05, 0) is 204 Å². The van der Waals surface area contributed by atoms with Crippen molar-refractivity contribution in [2.45, 2.75) is 240 Å². The van der Waals surface area contributed by atoms with E-state index in [0.29, 0.717) is 81.1 Å². The molecular weight excluding hydrogens is 1190 g/mol. The second kappa shape index (κ2) is 41.0. The summed E-state index contributed by atoms with van der Waals surface area (Å²) in [6.45, 7) is 22.7. The van der Waals surface area contributed by atoms with E-state index in [9.17, 15) is 28.8 Å². The smallest absolute Gasteiger partial charge is 0.303 e. The first-order chi connectivity index (χ1) is 45.1. The van der Waals surface area contributed by atoms with Crippen molar-refractivity contribution in [1.29, 1.82) is 0 Å². The van der Waals surface area contributed by atoms with Gasteiger partial charge in [-0.15, -0.1) is 6.58 Å². The number of methoxy groups -OCH3 is 3. The lowest BCUT2D eigenvalue weighted by molar-refractivity contribution is -0.294. The van der Waals surface area contributed by atoms with Gasteiger partial charge in [0.2, 0.25) is 11.8 Å². The van der Waals surface area contributed by atoms with Crippen LogP contribution in [-0.4, -0.2) is 108 Å². The molecule has 2 amide bonds. The lowest BCUT2D eigenvalue weighted by Gasteiger charge is -2.45. The Labute approximate surface area is 564 Å². The van der Waals surface area contributed by atoms with E-state index in [4.69, 9.17) is 37.9 Å². The molecule has 1 heterocycles. The van der Waals surface area contributed by atoms with E-state index in [1.807, 2.05) is 13.8 Å². The maximum Gasteiger partial charge on any atom is 0.303 e. The second-order valence-corrected chi connectivity index (χ2v) is 27.9. The van der Waals surface area contributed by atoms with Gasteiger partial charge in [-0.25, -0.2) is 0 Å². The third-order valence-corrected chi connectivity index (χ3v) is 19.9. The van der Waals surface area contributed by atoms with Gasteiger partial charge < -0.3 is 48.5 Å². The van der Waals surface area contributed by atoms with Gasteiger partial charge in [0.15, 0.2) is 12.4 Å². The number of ketones is 1. The Balaban J connectivity index is 1.08. The van der Waals surface area contributed by atoms with Crippen LogP contribution in [0.15, 0.2) is 85.5 Å². The number of rotatable bonds is 44. The molecule has 0 aromatic heterocycles. The molecule has 524 valence electrons. The van der Waals surface area contributed by atoms with Gasteiger partial charge in [-0.1, -0.05) is 96.9 Å². The molecule has 0 radical (unpaired) electrons. The SMILES string of the molecule is C=CCCCC(CCC1(CCC(c2ccc(OC)cc2)(c2ccc(OC)cc2)c2ccc(OC)cc2)CCC(C(=O)CCCCCNC(=O)CCCCCNC(=O)CCCCO[C@@H]2O[C@H](COC(C)=O)[C@H](OC(C)=O)[C@H](OC(C)=O)[C@H]2CC(C)C)CC1)C(C(C)C)C(C)C. The van der Waals surface area contributed by atoms with Crippen molar-refractivity contribution in [3.63, 3.8) is 0 Å². The zero-order chi connectivity index (χ0) is 68.6. The lowest BCUT2D eigenvalue weighted by Crippen LogP contribution is -2.59. The van der Waals surface area contributed by atoms with Crippen LogP contribution in [-0.2, 0) is 57.9 Å². The van der Waals surface area contributed by atoms with Crippen molar-refractivity contribution in [1.82, 2.24) is 10.6 Å². The van der Waals surface area contributed by atoms with E-state index in [1.54, 1.807) is 21.3 Å². The highest BCUT2D eigenvalue weighted by Gasteiger charge is 2.51. The highest BCUT2D eigenvalue weighted by Crippen LogP contribution is 2.53. The fourth-order valence-electron chi connectivity index (χ4n) is 15.1. The highest BCUT2D eigenvalue weighted by atomic mass is 16.7. The number of carbonyl (C=O) groups is 6. The zero-order valence-corrected chi connectivity index (χ0v) is 59.4. The van der Waals surface area contributed by atoms with Gasteiger partial charge in [0.1, 0.15) is 41.8 Å². The number of nitrogens with one attached hydrogen (secondary N) is 2. The molecule has 16 nitrogen and oxygen atoms in total. The van der Waals surface area contributed by atoms with Crippen LogP contribution in [0.25, 0.3) is 0 Å². The van der Waals surface area contributed by atoms with E-state index in [0.717, 1.165) is 114 Å². The molecule has 94 heavy (non-hydrogen) atoms. The molecule has 2 N–H and O–H groups in total. The van der Waals surface area contributed by atoms with Crippen LogP contribution in [0.4, 0.5) is 0 Å². The number of Topliss-reactive ketones (excluding diaryl/α,β-unsaturated/α-hetero) is 1. The number of unbranched alkanes of at least 4 members (excludes halogenated alkanes) is 6. The molecule has 3 aromatic rings. The number of hydrogen-bond donors (Lipinski definition) is 2. The van der Waals surface area contributed by atoms with Gasteiger partial charge in [0.05, 0.1) is 27.2 Å². The summed E-state index contributed by atoms with van der Waals surface area (Å²) in [5.41, 5.74) is 3.15. The van der Waals surface area contributed by atoms with Crippen LogP contribution < -0.4 is 24.8 Å². The van der Waals surface area contributed by atoms with E-state index in [-0.39, 0.29) is 42.3 Å². The monoisotopic (exact) mass is 1310 g/mol. The maximum atomic E-state index is 14.1. The first kappa shape index (κ1) is 78.4. The molecule has 1 unspecified atom stereocenters. The Kier molecular flexibility index (Phi) is 34.2. The van der Waals surface area contributed by atoms with E-state index in [2.05, 4.69) is 124 Å². The summed E-state index contributed by atoms with van der Waals surface area (Å²) in [5, 5.41) is 6.07. The first-order valence-corrected chi connectivity index (χ1v) is 35.4. The molecule has 1 aliphatic heterocycles. The predicted molar refractivity (Wildman–Crippen MR) is 370 cm³/mol. The zero-order valence-electron chi connectivity index (χ0n) is 59.4. The van der Waals surface area contributed by atoms with Crippen LogP contribution in [0, 0.1) is 46.8 Å². The van der Waals surface area contributed by atoms with Gasteiger partial charge in [-0.3, -0.25) is 28.8 Å². The Morgan fingerprint density at radius 1 is 0.606 bits per heavy atom. The summed E-state index contributed by atoms with van der Waals surface area (Å²) in [5.74, 6) is 3.24. The van der Waals surface area contributed by atoms with Crippen molar-refractivity contribution in [2.75, 3.05) is 47.6 Å². The van der Waals surface area contributed by atoms with Crippen molar-refractivity contribution in [3.05, 3.63) is 102 Å². The molecule has 5 rings (SSSR count). The van der Waals surface area contributed by atoms with Gasteiger partial charge >= 0.3 is 17.9 Å². The van der Waals surface area contributed by atoms with Crippen molar-refractivity contribution >= 4 is 35.5 Å². The number of allylic oxidation sites excluding steroid dienone is 1. The third-order valence-electron chi connectivity index (χ3n) is 19.9. The van der Waals surface area contributed by atoms with Gasteiger partial charge in [-0.2, -0.15) is 0 Å². The number of ether oxygens (including phenoxy) is 8. The van der Waals surface area contributed by atoms with Crippen LogP contribution in [0.1, 0.15) is 227 Å². The van der Waals surface area contributed by atoms with Crippen molar-refractivity contribution in [3.8, 4) is 17.2 Å². The Bertz CT molecular complexity index is 2610. The summed E-state index contributed by atoms with van der Waals surface area (Å²) in [6, 6.07) is 25.9. The number of carbonyl (C=O) groups excluding carboxylic acids is 6. The summed E-state index contributed by atoms with van der Waals surface area (Å²) in [6.07, 6.45) is 17.6. The molecular formula is C78H118N2O14. The Hall–Kier alpha value is -6.26. The molecule has 0 bridgehead atoms. The van der Waals surface area contributed by atoms with Crippen LogP contribution in [0.2, 0.25) is 0 Å². The number of hydrogen-bond acceptors (Lipinski definition) is 14. The molecule has 16 heteroatoms. The number of benzene rings is 3. The molecule has 0 spiro atoms. The van der Waals surface area contributed by atoms with E-state index in [1.165, 1.54) is 50.3 Å². The van der Waals surface area contributed by atoms with Crippen LogP contribution in [0.5, 0.6) is 17.2 Å². The van der Waals surface area contributed by atoms with Gasteiger partial charge in [0.25, 0.3) is 0 Å². The lowest BCUT2D eigenvalue weighted by atomic mass is 9.59. The van der Waals surface area contributed by atoms with Crippen LogP contribution in [0.3, 0.4) is 0 Å². The fourth-order valence-corrected chi connectivity index (χ4v) is 15.1. The predicted octanol–water partition coefficient (Wildman–Crippen LogP) is 15.6. The Morgan fingerprint density at radius 2 is 1.10 bits per heavy atom. The molecule has 3 aromatic carbocycles. The first-order valence-electron chi connectivity index (χ1n) is 35.4. The van der Waals surface area contributed by atoms with Gasteiger partial charge in [0, 0.05) is 71.1 Å². The highest BCUT2D eigenvalue weighted by molar-refractivity contribution is 5.81. The molecule has 2 aliphatic rings. The summed E-state index contributed by atoms with van der Waals surface area (Å²) in [7, 11) is 5.14. The standard InChI is InChI=1S/C78H118N2O14/c1-14-15-18-25-61(73(55(4)5)56(6)7)43-46-77(47-48-78(62-29-35-65(87-11)36-30-62,63-31-37-66(88-12)38-32-63)64-33-39-67(89-13)40-34-64)44-41-60(42-45-77)69(84)26-19-16-22-49-79-71(85)27-20-17-23-50-80-72(86)28-21-24-51-90-76-68(52-54(2)3)74(92-58(9)82)75(93-59(10)83)70(94-76)53-91-57(8)81/h14,29-40,54-56,60-61,68,70,73-76H,1,15-28,41-53H2,2-13H3,(H,79,85)(H,80,86)/t60?,61?,68-,70-,74-,75+,76-,77?/m1/s1. The summed E-state index contributed by atoms with van der Waals surface area (Å²) >= 11 is 0. The normalized spacial score (nSPS) is 20.1. The average Bonchev–Trinajstić information content (AvgIpc) is 0.762.